The summed E-state index contributed by atoms with van der Waals surface area (Å²) in [5.41, 5.74) is 6.67. The van der Waals surface area contributed by atoms with Crippen molar-refractivity contribution in [3.8, 4) is 0 Å². The van der Waals surface area contributed by atoms with E-state index in [2.05, 4.69) is 5.10 Å². The van der Waals surface area contributed by atoms with Gasteiger partial charge in [0.05, 0.1) is 24.5 Å². The number of ether oxygens (including phenoxy) is 1. The molecule has 1 aromatic rings. The van der Waals surface area contributed by atoms with E-state index in [9.17, 15) is 8.42 Å². The first-order chi connectivity index (χ1) is 9.89. The van der Waals surface area contributed by atoms with E-state index in [0.29, 0.717) is 50.8 Å². The number of nitrogens with two attached hydrogens (primary N) is 1. The van der Waals surface area contributed by atoms with Crippen LogP contribution in [0.25, 0.3) is 0 Å². The van der Waals surface area contributed by atoms with Gasteiger partial charge in [-0.25, -0.2) is 8.42 Å². The molecule has 0 saturated carbocycles. The predicted octanol–water partition coefficient (Wildman–Crippen LogP) is 0.506. The van der Waals surface area contributed by atoms with Crippen molar-refractivity contribution in [2.75, 3.05) is 32.8 Å². The van der Waals surface area contributed by atoms with E-state index in [-0.39, 0.29) is 4.90 Å². The van der Waals surface area contributed by atoms with Crippen LogP contribution in [0.5, 0.6) is 0 Å². The number of sulfonamides is 1. The predicted molar refractivity (Wildman–Crippen MR) is 81.7 cm³/mol. The second-order valence-electron chi connectivity index (χ2n) is 4.71. The summed E-state index contributed by atoms with van der Waals surface area (Å²) in [5, 5.41) is 4.28. The molecule has 0 aliphatic carbocycles. The molecule has 0 atom stereocenters. The van der Waals surface area contributed by atoms with E-state index in [0.717, 1.165) is 0 Å². The van der Waals surface area contributed by atoms with Crippen LogP contribution in [0.15, 0.2) is 4.90 Å². The minimum atomic E-state index is -3.56. The van der Waals surface area contributed by atoms with Crippen LogP contribution in [0.3, 0.4) is 0 Å². The van der Waals surface area contributed by atoms with Gasteiger partial charge in [-0.3, -0.25) is 4.68 Å². The van der Waals surface area contributed by atoms with E-state index in [1.165, 1.54) is 4.31 Å². The van der Waals surface area contributed by atoms with Crippen LogP contribution in [0.4, 0.5) is 0 Å². The van der Waals surface area contributed by atoms with Crippen LogP contribution < -0.4 is 5.73 Å². The van der Waals surface area contributed by atoms with Crippen LogP contribution in [-0.4, -0.2) is 55.4 Å². The molecule has 0 fully saturated rings. The van der Waals surface area contributed by atoms with Gasteiger partial charge in [0, 0.05) is 26.2 Å². The van der Waals surface area contributed by atoms with Gasteiger partial charge in [0.1, 0.15) is 4.90 Å². The molecule has 8 heteroatoms. The summed E-state index contributed by atoms with van der Waals surface area (Å²) in [5.74, 6) is 0. The number of rotatable bonds is 9. The Balaban J connectivity index is 3.11. The van der Waals surface area contributed by atoms with Crippen molar-refractivity contribution in [3.05, 3.63) is 11.4 Å². The Morgan fingerprint density at radius 3 is 2.52 bits per heavy atom. The molecule has 0 unspecified atom stereocenters. The minimum absolute atomic E-state index is 0.286. The Bertz CT molecular complexity index is 554. The standard InChI is InChI=1S/C13H26N4O3S/c1-5-16(9-10-20-6-2)21(18,19)13-11(3)15-17(8-7-14)12(13)4/h5-10,14H2,1-4H3. The lowest BCUT2D eigenvalue weighted by molar-refractivity contribution is 0.135. The van der Waals surface area contributed by atoms with Crippen LogP contribution in [0, 0.1) is 13.8 Å². The smallest absolute Gasteiger partial charge is 0.246 e. The summed E-state index contributed by atoms with van der Waals surface area (Å²) in [7, 11) is -3.56. The van der Waals surface area contributed by atoms with E-state index in [1.807, 2.05) is 13.8 Å². The highest BCUT2D eigenvalue weighted by molar-refractivity contribution is 7.89. The second kappa shape index (κ2) is 7.88. The molecule has 0 aliphatic heterocycles. The summed E-state index contributed by atoms with van der Waals surface area (Å²) < 4.78 is 33.9. The average Bonchev–Trinajstić information content (AvgIpc) is 2.70. The highest BCUT2D eigenvalue weighted by Crippen LogP contribution is 2.23. The Kier molecular flexibility index (Phi) is 6.79. The van der Waals surface area contributed by atoms with Crippen molar-refractivity contribution in [1.82, 2.24) is 14.1 Å². The molecular formula is C13H26N4O3S. The summed E-state index contributed by atoms with van der Waals surface area (Å²) in [6, 6.07) is 0. The number of hydrogen-bond acceptors (Lipinski definition) is 5. The maximum Gasteiger partial charge on any atom is 0.246 e. The third-order valence-corrected chi connectivity index (χ3v) is 5.52. The van der Waals surface area contributed by atoms with Crippen LogP contribution in [0.2, 0.25) is 0 Å². The van der Waals surface area contributed by atoms with Gasteiger partial charge in [-0.05, 0) is 20.8 Å². The maximum absolute atomic E-state index is 12.8. The van der Waals surface area contributed by atoms with E-state index < -0.39 is 10.0 Å². The lowest BCUT2D eigenvalue weighted by Gasteiger charge is -2.20. The molecule has 1 heterocycles. The van der Waals surface area contributed by atoms with Gasteiger partial charge in [-0.1, -0.05) is 6.92 Å². The molecule has 122 valence electrons. The zero-order chi connectivity index (χ0) is 16.0. The Labute approximate surface area is 127 Å². The van der Waals surface area contributed by atoms with E-state index in [1.54, 1.807) is 18.5 Å². The van der Waals surface area contributed by atoms with Gasteiger partial charge < -0.3 is 10.5 Å². The maximum atomic E-state index is 12.8. The molecule has 0 radical (unpaired) electrons. The van der Waals surface area contributed by atoms with E-state index in [4.69, 9.17) is 10.5 Å². The normalized spacial score (nSPS) is 12.3. The molecule has 0 bridgehead atoms. The number of aromatic nitrogens is 2. The fourth-order valence-electron chi connectivity index (χ4n) is 2.28. The molecular weight excluding hydrogens is 292 g/mol. The highest BCUT2D eigenvalue weighted by Gasteiger charge is 2.29. The molecule has 1 aromatic heterocycles. The van der Waals surface area contributed by atoms with Crippen molar-refractivity contribution in [2.45, 2.75) is 39.1 Å². The quantitative estimate of drug-likeness (QED) is 0.670. The Morgan fingerprint density at radius 1 is 1.33 bits per heavy atom. The first-order valence-corrected chi connectivity index (χ1v) is 8.66. The monoisotopic (exact) mass is 318 g/mol. The fraction of sp³-hybridized carbons (Fsp3) is 0.769. The van der Waals surface area contributed by atoms with E-state index >= 15 is 0 Å². The first kappa shape index (κ1) is 18.1. The third kappa shape index (κ3) is 4.03. The molecule has 2 N–H and O–H groups in total. The number of nitrogens with zero attached hydrogens (tertiary/aromatic N) is 3. The van der Waals surface area contributed by atoms with Gasteiger partial charge in [0.15, 0.2) is 0 Å². The first-order valence-electron chi connectivity index (χ1n) is 7.22. The molecule has 0 aliphatic rings. The summed E-state index contributed by atoms with van der Waals surface area (Å²) in [4.78, 5) is 0.286. The fourth-order valence-corrected chi connectivity index (χ4v) is 4.09. The number of aryl methyl sites for hydroxylation is 1. The Hall–Kier alpha value is -0.960. The molecule has 0 aromatic carbocycles. The van der Waals surface area contributed by atoms with Crippen LogP contribution in [0.1, 0.15) is 25.2 Å². The zero-order valence-electron chi connectivity index (χ0n) is 13.3. The molecule has 1 rings (SSSR count). The SMILES string of the molecule is CCOCCN(CC)S(=O)(=O)c1c(C)nn(CCN)c1C. The van der Waals surface area contributed by atoms with Gasteiger partial charge in [0.2, 0.25) is 10.0 Å². The summed E-state index contributed by atoms with van der Waals surface area (Å²) in [6.45, 7) is 9.81. The lowest BCUT2D eigenvalue weighted by Crippen LogP contribution is -2.34. The lowest BCUT2D eigenvalue weighted by atomic mass is 10.4. The summed E-state index contributed by atoms with van der Waals surface area (Å²) in [6.07, 6.45) is 0. The Morgan fingerprint density at radius 2 is 2.00 bits per heavy atom. The van der Waals surface area contributed by atoms with Crippen molar-refractivity contribution in [3.63, 3.8) is 0 Å². The minimum Gasteiger partial charge on any atom is -0.380 e. The molecule has 0 amide bonds. The van der Waals surface area contributed by atoms with Gasteiger partial charge >= 0.3 is 0 Å². The largest absolute Gasteiger partial charge is 0.380 e. The number of likely N-dealkylation sites (N-methyl/N-ethyl adjacent to an activating group) is 1. The number of hydrogen-bond donors (Lipinski definition) is 1. The third-order valence-electron chi connectivity index (χ3n) is 3.30. The van der Waals surface area contributed by atoms with Crippen molar-refractivity contribution in [2.24, 2.45) is 5.73 Å². The average molecular weight is 318 g/mol. The van der Waals surface area contributed by atoms with Crippen LogP contribution >= 0.6 is 0 Å². The summed E-state index contributed by atoms with van der Waals surface area (Å²) >= 11 is 0. The molecule has 21 heavy (non-hydrogen) atoms. The van der Waals surface area contributed by atoms with Crippen molar-refractivity contribution in [1.29, 1.82) is 0 Å². The second-order valence-corrected chi connectivity index (χ2v) is 6.58. The highest BCUT2D eigenvalue weighted by atomic mass is 32.2. The molecule has 7 nitrogen and oxygen atoms in total. The molecule has 0 saturated heterocycles. The topological polar surface area (TPSA) is 90.5 Å². The van der Waals surface area contributed by atoms with Gasteiger partial charge in [0.25, 0.3) is 0 Å². The van der Waals surface area contributed by atoms with Crippen LogP contribution in [-0.2, 0) is 21.3 Å². The van der Waals surface area contributed by atoms with Crippen molar-refractivity contribution >= 4 is 10.0 Å². The van der Waals surface area contributed by atoms with Crippen molar-refractivity contribution < 1.29 is 13.2 Å². The van der Waals surface area contributed by atoms with Gasteiger partial charge in [-0.15, -0.1) is 0 Å². The van der Waals surface area contributed by atoms with Gasteiger partial charge in [-0.2, -0.15) is 9.40 Å². The zero-order valence-corrected chi connectivity index (χ0v) is 14.1. The molecule has 0 spiro atoms.